The molecule has 6 nitrogen and oxygen atoms in total. The van der Waals surface area contributed by atoms with Crippen LogP contribution in [0.15, 0.2) is 60.0 Å². The number of benzene rings is 2. The molecule has 1 saturated heterocycles. The molecule has 32 heavy (non-hydrogen) atoms. The highest BCUT2D eigenvalue weighted by molar-refractivity contribution is 7.10. The number of ether oxygens (including phenoxy) is 2. The number of piperidine rings is 1. The minimum Gasteiger partial charge on any atom is -0.497 e. The van der Waals surface area contributed by atoms with Gasteiger partial charge in [0.15, 0.2) is 0 Å². The fourth-order valence-electron chi connectivity index (χ4n) is 4.09. The lowest BCUT2D eigenvalue weighted by Gasteiger charge is -2.40. The number of carbonyl (C=O) groups excluding carboxylic acids is 2. The van der Waals surface area contributed by atoms with Crippen LogP contribution in [0.1, 0.15) is 29.3 Å². The van der Waals surface area contributed by atoms with E-state index >= 15 is 0 Å². The molecule has 0 saturated carbocycles. The first kappa shape index (κ1) is 21.9. The van der Waals surface area contributed by atoms with Crippen LogP contribution in [0, 0.1) is 12.8 Å². The predicted molar refractivity (Wildman–Crippen MR) is 127 cm³/mol. The van der Waals surface area contributed by atoms with Gasteiger partial charge in [-0.2, -0.15) is 0 Å². The van der Waals surface area contributed by atoms with Crippen LogP contribution < -0.4 is 19.7 Å². The maximum Gasteiger partial charge on any atom is 0.230 e. The molecule has 2 amide bonds. The molecule has 4 rings (SSSR count). The first-order valence-corrected chi connectivity index (χ1v) is 11.3. The van der Waals surface area contributed by atoms with Crippen molar-refractivity contribution in [3.63, 3.8) is 0 Å². The van der Waals surface area contributed by atoms with E-state index < -0.39 is 5.92 Å². The van der Waals surface area contributed by atoms with Gasteiger partial charge in [0, 0.05) is 23.1 Å². The summed E-state index contributed by atoms with van der Waals surface area (Å²) in [6.07, 6.45) is 0.793. The van der Waals surface area contributed by atoms with Gasteiger partial charge in [-0.1, -0.05) is 23.8 Å². The summed E-state index contributed by atoms with van der Waals surface area (Å²) in [4.78, 5) is 29.3. The van der Waals surface area contributed by atoms with Gasteiger partial charge in [-0.3, -0.25) is 9.59 Å². The smallest absolute Gasteiger partial charge is 0.230 e. The minimum atomic E-state index is -0.403. The molecule has 166 valence electrons. The number of anilines is 2. The molecule has 2 atom stereocenters. The Balaban J connectivity index is 1.68. The number of rotatable bonds is 6. The summed E-state index contributed by atoms with van der Waals surface area (Å²) >= 11 is 1.56. The van der Waals surface area contributed by atoms with Crippen molar-refractivity contribution in [1.29, 1.82) is 0 Å². The first-order chi connectivity index (χ1) is 15.5. The van der Waals surface area contributed by atoms with Crippen LogP contribution in [0.5, 0.6) is 11.5 Å². The van der Waals surface area contributed by atoms with Gasteiger partial charge in [0.1, 0.15) is 11.5 Å². The summed E-state index contributed by atoms with van der Waals surface area (Å²) in [7, 11) is 3.13. The fourth-order valence-corrected chi connectivity index (χ4v) is 4.97. The van der Waals surface area contributed by atoms with Crippen molar-refractivity contribution in [3.05, 3.63) is 70.4 Å². The van der Waals surface area contributed by atoms with E-state index in [1.807, 2.05) is 48.7 Å². The molecule has 0 radical (unpaired) electrons. The fraction of sp³-hybridized carbons (Fsp3) is 0.280. The summed E-state index contributed by atoms with van der Waals surface area (Å²) in [5.74, 6) is 0.645. The Hall–Kier alpha value is -3.32. The Labute approximate surface area is 191 Å². The molecule has 0 spiro atoms. The number of hydrogen-bond acceptors (Lipinski definition) is 5. The highest BCUT2D eigenvalue weighted by atomic mass is 32.1. The van der Waals surface area contributed by atoms with Crippen molar-refractivity contribution in [2.24, 2.45) is 5.92 Å². The van der Waals surface area contributed by atoms with Crippen molar-refractivity contribution in [1.82, 2.24) is 0 Å². The van der Waals surface area contributed by atoms with Crippen molar-refractivity contribution in [2.75, 3.05) is 24.4 Å². The molecule has 1 fully saturated rings. The van der Waals surface area contributed by atoms with Crippen LogP contribution in [0.25, 0.3) is 0 Å². The van der Waals surface area contributed by atoms with Gasteiger partial charge in [-0.15, -0.1) is 11.3 Å². The number of aryl methyl sites for hydroxylation is 1. The quantitative estimate of drug-likeness (QED) is 0.561. The van der Waals surface area contributed by atoms with Crippen LogP contribution in [0.3, 0.4) is 0 Å². The van der Waals surface area contributed by atoms with E-state index in [9.17, 15) is 9.59 Å². The van der Waals surface area contributed by atoms with Crippen molar-refractivity contribution >= 4 is 34.5 Å². The molecule has 3 aromatic rings. The SMILES string of the molecule is COc1ccc(NC(=O)C2CCC(=O)N(c3ccc(C)cc3)C2c2cccs2)c(OC)c1. The number of methoxy groups -OCH3 is 2. The molecule has 1 aliphatic rings. The van der Waals surface area contributed by atoms with Crippen molar-refractivity contribution in [2.45, 2.75) is 25.8 Å². The Morgan fingerprint density at radius 1 is 1.09 bits per heavy atom. The molecule has 0 aliphatic carbocycles. The minimum absolute atomic E-state index is 0.0262. The van der Waals surface area contributed by atoms with E-state index in [0.29, 0.717) is 30.0 Å². The molecule has 2 heterocycles. The molecular weight excluding hydrogens is 424 g/mol. The summed E-state index contributed by atoms with van der Waals surface area (Å²) in [6.45, 7) is 2.01. The monoisotopic (exact) mass is 450 g/mol. The topological polar surface area (TPSA) is 67.9 Å². The van der Waals surface area contributed by atoms with Crippen LogP contribution in [0.2, 0.25) is 0 Å². The average molecular weight is 451 g/mol. The standard InChI is InChI=1S/C25H26N2O4S/c1-16-6-8-17(9-7-16)27-23(28)13-11-19(24(27)22-5-4-14-32-22)25(29)26-20-12-10-18(30-2)15-21(20)31-3/h4-10,12,14-15,19,24H,11,13H2,1-3H3,(H,26,29). The number of nitrogens with zero attached hydrogens (tertiary/aromatic N) is 1. The third-order valence-electron chi connectivity index (χ3n) is 5.75. The molecule has 1 aromatic heterocycles. The summed E-state index contributed by atoms with van der Waals surface area (Å²) < 4.78 is 10.7. The Morgan fingerprint density at radius 3 is 2.53 bits per heavy atom. The number of thiophene rings is 1. The summed E-state index contributed by atoms with van der Waals surface area (Å²) in [5, 5.41) is 4.99. The number of amides is 2. The molecule has 0 bridgehead atoms. The van der Waals surface area contributed by atoms with E-state index in [1.165, 1.54) is 0 Å². The highest BCUT2D eigenvalue weighted by Gasteiger charge is 2.42. The number of hydrogen-bond donors (Lipinski definition) is 1. The lowest BCUT2D eigenvalue weighted by molar-refractivity contribution is -0.125. The molecule has 1 aliphatic heterocycles. The molecule has 7 heteroatoms. The van der Waals surface area contributed by atoms with Crippen molar-refractivity contribution in [3.8, 4) is 11.5 Å². The second-order valence-electron chi connectivity index (χ2n) is 7.76. The maximum atomic E-state index is 13.5. The van der Waals surface area contributed by atoms with E-state index in [0.717, 1.165) is 16.1 Å². The van der Waals surface area contributed by atoms with Gasteiger partial charge in [0.2, 0.25) is 11.8 Å². The third kappa shape index (κ3) is 4.34. The Kier molecular flexibility index (Phi) is 6.46. The third-order valence-corrected chi connectivity index (χ3v) is 6.69. The van der Waals surface area contributed by atoms with Gasteiger partial charge in [0.25, 0.3) is 0 Å². The van der Waals surface area contributed by atoms with Gasteiger partial charge >= 0.3 is 0 Å². The molecule has 2 unspecified atom stereocenters. The largest absolute Gasteiger partial charge is 0.497 e. The van der Waals surface area contributed by atoms with Gasteiger partial charge < -0.3 is 19.7 Å². The second kappa shape index (κ2) is 9.44. The van der Waals surface area contributed by atoms with Gasteiger partial charge in [-0.05, 0) is 49.1 Å². The number of nitrogens with one attached hydrogen (secondary N) is 1. The Bertz CT molecular complexity index is 1100. The van der Waals surface area contributed by atoms with E-state index in [-0.39, 0.29) is 17.9 Å². The molecule has 2 aromatic carbocycles. The van der Waals surface area contributed by atoms with Crippen LogP contribution >= 0.6 is 11.3 Å². The van der Waals surface area contributed by atoms with Crippen LogP contribution in [0.4, 0.5) is 11.4 Å². The maximum absolute atomic E-state index is 13.5. The first-order valence-electron chi connectivity index (χ1n) is 10.5. The van der Waals surface area contributed by atoms with Gasteiger partial charge in [0.05, 0.1) is 31.9 Å². The highest BCUT2D eigenvalue weighted by Crippen LogP contribution is 2.42. The molecular formula is C25H26N2O4S. The van der Waals surface area contributed by atoms with E-state index in [4.69, 9.17) is 9.47 Å². The van der Waals surface area contributed by atoms with E-state index in [2.05, 4.69) is 5.32 Å². The summed E-state index contributed by atoms with van der Waals surface area (Å²) in [6, 6.07) is 16.7. The lowest BCUT2D eigenvalue weighted by Crippen LogP contribution is -2.46. The zero-order chi connectivity index (χ0) is 22.7. The van der Waals surface area contributed by atoms with Crippen LogP contribution in [-0.4, -0.2) is 26.0 Å². The van der Waals surface area contributed by atoms with E-state index in [1.54, 1.807) is 48.7 Å². The lowest BCUT2D eigenvalue weighted by atomic mass is 9.86. The van der Waals surface area contributed by atoms with Crippen LogP contribution in [-0.2, 0) is 9.59 Å². The second-order valence-corrected chi connectivity index (χ2v) is 8.74. The number of carbonyl (C=O) groups is 2. The van der Waals surface area contributed by atoms with Crippen molar-refractivity contribution < 1.29 is 19.1 Å². The zero-order valence-corrected chi connectivity index (χ0v) is 19.1. The summed E-state index contributed by atoms with van der Waals surface area (Å²) in [5.41, 5.74) is 2.49. The molecule has 1 N–H and O–H groups in total. The Morgan fingerprint density at radius 2 is 1.88 bits per heavy atom. The van der Waals surface area contributed by atoms with Gasteiger partial charge in [-0.25, -0.2) is 0 Å². The zero-order valence-electron chi connectivity index (χ0n) is 18.3. The average Bonchev–Trinajstić information content (AvgIpc) is 3.34. The normalized spacial score (nSPS) is 18.3. The predicted octanol–water partition coefficient (Wildman–Crippen LogP) is 5.20.